The average Bonchev–Trinajstić information content (AvgIpc) is 2.68. The van der Waals surface area contributed by atoms with Crippen molar-refractivity contribution in [2.45, 2.75) is 46.0 Å². The highest BCUT2D eigenvalue weighted by Gasteiger charge is 2.16. The van der Waals surface area contributed by atoms with Crippen LogP contribution in [-0.4, -0.2) is 4.98 Å². The molecule has 0 aliphatic rings. The fourth-order valence-corrected chi connectivity index (χ4v) is 4.50. The van der Waals surface area contributed by atoms with Crippen LogP contribution in [0, 0.1) is 12.7 Å². The molecule has 4 aromatic rings. The van der Waals surface area contributed by atoms with Gasteiger partial charge < -0.3 is 0 Å². The summed E-state index contributed by atoms with van der Waals surface area (Å²) < 4.78 is 14.2. The molecule has 0 bridgehead atoms. The third-order valence-electron chi connectivity index (χ3n) is 5.79. The number of pyridine rings is 1. The summed E-state index contributed by atoms with van der Waals surface area (Å²) in [5, 5.41) is 3.27. The van der Waals surface area contributed by atoms with Gasteiger partial charge in [0.25, 0.3) is 0 Å². The predicted octanol–water partition coefficient (Wildman–Crippen LogP) is 7.31. The normalized spacial score (nSPS) is 12.8. The SMILES string of the molecule is Cc1ccc2c(CC(C)c3ccc(F)c4cccnc34)cccc2c1C(C)C. The summed E-state index contributed by atoms with van der Waals surface area (Å²) in [5.41, 5.74) is 5.99. The van der Waals surface area contributed by atoms with Gasteiger partial charge in [0.05, 0.1) is 5.52 Å². The van der Waals surface area contributed by atoms with Crippen molar-refractivity contribution < 1.29 is 4.39 Å². The monoisotopic (exact) mass is 371 g/mol. The molecular formula is C26H26FN. The van der Waals surface area contributed by atoms with Crippen molar-refractivity contribution in [3.8, 4) is 0 Å². The lowest BCUT2D eigenvalue weighted by Gasteiger charge is -2.19. The maximum Gasteiger partial charge on any atom is 0.132 e. The van der Waals surface area contributed by atoms with Crippen molar-refractivity contribution >= 4 is 21.7 Å². The molecule has 3 aromatic carbocycles. The van der Waals surface area contributed by atoms with Crippen LogP contribution in [-0.2, 0) is 6.42 Å². The molecule has 142 valence electrons. The molecule has 0 spiro atoms. The van der Waals surface area contributed by atoms with Crippen LogP contribution >= 0.6 is 0 Å². The van der Waals surface area contributed by atoms with Crippen molar-refractivity contribution in [1.82, 2.24) is 4.98 Å². The minimum atomic E-state index is -0.207. The molecule has 0 saturated carbocycles. The number of hydrogen-bond acceptors (Lipinski definition) is 1. The Morgan fingerprint density at radius 1 is 0.857 bits per heavy atom. The van der Waals surface area contributed by atoms with E-state index < -0.39 is 0 Å². The number of fused-ring (bicyclic) bond motifs is 2. The molecule has 0 aliphatic carbocycles. The molecule has 0 N–H and O–H groups in total. The summed E-state index contributed by atoms with van der Waals surface area (Å²) in [6.45, 7) is 8.92. The first-order valence-corrected chi connectivity index (χ1v) is 10.0. The van der Waals surface area contributed by atoms with Crippen molar-refractivity contribution in [1.29, 1.82) is 0 Å². The lowest BCUT2D eigenvalue weighted by Crippen LogP contribution is -2.03. The van der Waals surface area contributed by atoms with Crippen LogP contribution in [0.4, 0.5) is 4.39 Å². The Morgan fingerprint density at radius 3 is 2.43 bits per heavy atom. The molecule has 2 heteroatoms. The van der Waals surface area contributed by atoms with Gasteiger partial charge in [-0.2, -0.15) is 0 Å². The van der Waals surface area contributed by atoms with Gasteiger partial charge in [-0.25, -0.2) is 4.39 Å². The van der Waals surface area contributed by atoms with Crippen molar-refractivity contribution in [2.24, 2.45) is 0 Å². The average molecular weight is 371 g/mol. The number of aromatic nitrogens is 1. The molecule has 1 nitrogen and oxygen atoms in total. The van der Waals surface area contributed by atoms with Crippen LogP contribution in [0.25, 0.3) is 21.7 Å². The molecule has 0 saturated heterocycles. The number of benzene rings is 3. The van der Waals surface area contributed by atoms with Crippen molar-refractivity contribution in [3.05, 3.63) is 88.9 Å². The van der Waals surface area contributed by atoms with Gasteiger partial charge >= 0.3 is 0 Å². The minimum absolute atomic E-state index is 0.207. The van der Waals surface area contributed by atoms with Gasteiger partial charge in [-0.3, -0.25) is 4.98 Å². The molecule has 1 heterocycles. The molecule has 1 unspecified atom stereocenters. The van der Waals surface area contributed by atoms with Crippen molar-refractivity contribution in [2.75, 3.05) is 0 Å². The second-order valence-corrected chi connectivity index (χ2v) is 8.10. The van der Waals surface area contributed by atoms with E-state index in [4.69, 9.17) is 0 Å². The fraction of sp³-hybridized carbons (Fsp3) is 0.269. The van der Waals surface area contributed by atoms with Crippen LogP contribution in [0.5, 0.6) is 0 Å². The zero-order valence-electron chi connectivity index (χ0n) is 17.0. The largest absolute Gasteiger partial charge is 0.256 e. The van der Waals surface area contributed by atoms with Crippen molar-refractivity contribution in [3.63, 3.8) is 0 Å². The van der Waals surface area contributed by atoms with Crippen LogP contribution in [0.2, 0.25) is 0 Å². The van der Waals surface area contributed by atoms with Crippen LogP contribution < -0.4 is 0 Å². The second-order valence-electron chi connectivity index (χ2n) is 8.10. The van der Waals surface area contributed by atoms with Gasteiger partial charge in [0.1, 0.15) is 5.82 Å². The molecule has 0 aliphatic heterocycles. The number of halogens is 1. The fourth-order valence-electron chi connectivity index (χ4n) is 4.50. The Kier molecular flexibility index (Phi) is 4.89. The summed E-state index contributed by atoms with van der Waals surface area (Å²) in [7, 11) is 0. The van der Waals surface area contributed by atoms with Crippen LogP contribution in [0.1, 0.15) is 54.9 Å². The van der Waals surface area contributed by atoms with E-state index in [-0.39, 0.29) is 11.7 Å². The molecule has 28 heavy (non-hydrogen) atoms. The second kappa shape index (κ2) is 7.35. The highest BCUT2D eigenvalue weighted by molar-refractivity contribution is 5.90. The van der Waals surface area contributed by atoms with Gasteiger partial charge in [0.2, 0.25) is 0 Å². The van der Waals surface area contributed by atoms with Gasteiger partial charge in [0, 0.05) is 11.6 Å². The van der Waals surface area contributed by atoms with Gasteiger partial charge in [-0.05, 0) is 76.4 Å². The zero-order valence-corrected chi connectivity index (χ0v) is 17.0. The van der Waals surface area contributed by atoms with Gasteiger partial charge in [-0.1, -0.05) is 57.2 Å². The van der Waals surface area contributed by atoms with E-state index in [1.807, 2.05) is 12.1 Å². The molecule has 1 aromatic heterocycles. The molecule has 4 rings (SSSR count). The van der Waals surface area contributed by atoms with Crippen LogP contribution in [0.15, 0.2) is 60.8 Å². The summed E-state index contributed by atoms with van der Waals surface area (Å²) in [6, 6.07) is 18.2. The third-order valence-corrected chi connectivity index (χ3v) is 5.79. The highest BCUT2D eigenvalue weighted by atomic mass is 19.1. The maximum absolute atomic E-state index is 14.2. The first-order valence-electron chi connectivity index (χ1n) is 10.0. The first kappa shape index (κ1) is 18.6. The Balaban J connectivity index is 1.79. The Bertz CT molecular complexity index is 1160. The molecule has 0 amide bonds. The summed E-state index contributed by atoms with van der Waals surface area (Å²) in [4.78, 5) is 4.48. The molecule has 0 fully saturated rings. The zero-order chi connectivity index (χ0) is 19.8. The summed E-state index contributed by atoms with van der Waals surface area (Å²) in [5.74, 6) is 0.523. The van der Waals surface area contributed by atoms with E-state index in [1.165, 1.54) is 27.5 Å². The first-order chi connectivity index (χ1) is 13.5. The molecular weight excluding hydrogens is 345 g/mol. The van der Waals surface area contributed by atoms with E-state index in [0.717, 1.165) is 17.5 Å². The Hall–Kier alpha value is -2.74. The number of rotatable bonds is 4. The quantitative estimate of drug-likeness (QED) is 0.366. The lowest BCUT2D eigenvalue weighted by atomic mass is 9.86. The van der Waals surface area contributed by atoms with E-state index in [1.54, 1.807) is 18.3 Å². The Morgan fingerprint density at radius 2 is 1.64 bits per heavy atom. The highest BCUT2D eigenvalue weighted by Crippen LogP contribution is 2.34. The standard InChI is InChI=1S/C26H26FN/c1-16(2)25-17(3)10-11-21-19(7-5-8-22(21)25)15-18(4)20-12-13-24(27)23-9-6-14-28-26(20)23/h5-14,16,18H,15H2,1-4H3. The van der Waals surface area contributed by atoms with Gasteiger partial charge in [-0.15, -0.1) is 0 Å². The minimum Gasteiger partial charge on any atom is -0.256 e. The summed E-state index contributed by atoms with van der Waals surface area (Å²) in [6.07, 6.45) is 2.64. The number of aryl methyl sites for hydroxylation is 1. The molecule has 1 atom stereocenters. The van der Waals surface area contributed by atoms with E-state index in [0.29, 0.717) is 11.3 Å². The third kappa shape index (κ3) is 3.17. The summed E-state index contributed by atoms with van der Waals surface area (Å²) >= 11 is 0. The smallest absolute Gasteiger partial charge is 0.132 e. The topological polar surface area (TPSA) is 12.9 Å². The lowest BCUT2D eigenvalue weighted by molar-refractivity contribution is 0.638. The van der Waals surface area contributed by atoms with E-state index in [9.17, 15) is 4.39 Å². The number of hydrogen-bond donors (Lipinski definition) is 0. The molecule has 0 radical (unpaired) electrons. The predicted molar refractivity (Wildman–Crippen MR) is 117 cm³/mol. The van der Waals surface area contributed by atoms with E-state index in [2.05, 4.69) is 63.0 Å². The van der Waals surface area contributed by atoms with E-state index >= 15 is 0 Å². The maximum atomic E-state index is 14.2. The Labute approximate surface area is 166 Å². The number of nitrogens with zero attached hydrogens (tertiary/aromatic N) is 1. The van der Waals surface area contributed by atoms with Crippen LogP contribution in [0.3, 0.4) is 0 Å². The van der Waals surface area contributed by atoms with Gasteiger partial charge in [0.15, 0.2) is 0 Å².